The maximum absolute atomic E-state index is 12.6. The van der Waals surface area contributed by atoms with Crippen LogP contribution in [0.3, 0.4) is 0 Å². The summed E-state index contributed by atoms with van der Waals surface area (Å²) in [6, 6.07) is 7.94. The molecule has 1 aliphatic heterocycles. The maximum Gasteiger partial charge on any atom is 0.230 e. The SMILES string of the molecule is Cc1ccc(-c2csc(NC(=O)Cc3c(C)nn(C4CCS(=O)(=O)C4)c3C)n2)cc1. The zero-order valence-corrected chi connectivity index (χ0v) is 18.8. The Morgan fingerprint density at radius 1 is 1.23 bits per heavy atom. The third-order valence-corrected chi connectivity index (χ3v) is 7.97. The number of carbonyl (C=O) groups is 1. The summed E-state index contributed by atoms with van der Waals surface area (Å²) >= 11 is 1.39. The zero-order valence-electron chi connectivity index (χ0n) is 17.2. The molecule has 158 valence electrons. The number of aromatic nitrogens is 3. The van der Waals surface area contributed by atoms with Crippen LogP contribution in [0, 0.1) is 20.8 Å². The van der Waals surface area contributed by atoms with E-state index in [9.17, 15) is 13.2 Å². The summed E-state index contributed by atoms with van der Waals surface area (Å²) in [5.41, 5.74) is 5.47. The topological polar surface area (TPSA) is 94.0 Å². The van der Waals surface area contributed by atoms with Gasteiger partial charge in [0.25, 0.3) is 0 Å². The Balaban J connectivity index is 1.45. The summed E-state index contributed by atoms with van der Waals surface area (Å²) in [4.78, 5) is 17.2. The van der Waals surface area contributed by atoms with Crippen molar-refractivity contribution in [1.82, 2.24) is 14.8 Å². The number of hydrogen-bond acceptors (Lipinski definition) is 6. The predicted octanol–water partition coefficient (Wildman–Crippen LogP) is 3.47. The van der Waals surface area contributed by atoms with Gasteiger partial charge in [-0.05, 0) is 27.2 Å². The van der Waals surface area contributed by atoms with Gasteiger partial charge in [0, 0.05) is 22.2 Å². The first-order valence-electron chi connectivity index (χ1n) is 9.79. The number of hydrogen-bond donors (Lipinski definition) is 1. The number of thiazole rings is 1. The van der Waals surface area contributed by atoms with Gasteiger partial charge in [0.2, 0.25) is 5.91 Å². The lowest BCUT2D eigenvalue weighted by Gasteiger charge is -2.11. The van der Waals surface area contributed by atoms with Crippen LogP contribution in [-0.4, -0.2) is 40.6 Å². The molecule has 0 aliphatic carbocycles. The molecule has 0 bridgehead atoms. The smallest absolute Gasteiger partial charge is 0.230 e. The normalized spacial score (nSPS) is 17.9. The molecule has 1 aromatic carbocycles. The number of sulfone groups is 1. The van der Waals surface area contributed by atoms with Crippen LogP contribution in [0.2, 0.25) is 0 Å². The Bertz CT molecular complexity index is 1190. The fraction of sp³-hybridized carbons (Fsp3) is 0.381. The van der Waals surface area contributed by atoms with Crippen molar-refractivity contribution in [1.29, 1.82) is 0 Å². The molecule has 1 fully saturated rings. The highest BCUT2D eigenvalue weighted by Crippen LogP contribution is 2.28. The molecule has 3 heterocycles. The molecule has 4 rings (SSSR count). The van der Waals surface area contributed by atoms with Gasteiger partial charge in [-0.3, -0.25) is 9.48 Å². The number of rotatable bonds is 5. The molecule has 0 saturated carbocycles. The fourth-order valence-corrected chi connectivity index (χ4v) is 6.22. The van der Waals surface area contributed by atoms with Crippen molar-refractivity contribution in [2.45, 2.75) is 39.7 Å². The second-order valence-electron chi connectivity index (χ2n) is 7.78. The Morgan fingerprint density at radius 2 is 1.97 bits per heavy atom. The second kappa shape index (κ2) is 7.96. The maximum atomic E-state index is 12.6. The van der Waals surface area contributed by atoms with E-state index in [1.807, 2.05) is 50.4 Å². The standard InChI is InChI=1S/C21H24N4O3S2/c1-13-4-6-16(7-5-13)19-11-29-21(22-19)23-20(26)10-18-14(2)24-25(15(18)3)17-8-9-30(27,28)12-17/h4-7,11,17H,8-10,12H2,1-3H3,(H,22,23,26). The highest BCUT2D eigenvalue weighted by molar-refractivity contribution is 7.91. The minimum atomic E-state index is -3.00. The van der Waals surface area contributed by atoms with Crippen LogP contribution in [0.5, 0.6) is 0 Å². The van der Waals surface area contributed by atoms with E-state index in [2.05, 4.69) is 15.4 Å². The van der Waals surface area contributed by atoms with Crippen LogP contribution in [0.1, 0.15) is 35.0 Å². The van der Waals surface area contributed by atoms with Gasteiger partial charge in [0.15, 0.2) is 15.0 Å². The lowest BCUT2D eigenvalue weighted by atomic mass is 10.1. The van der Waals surface area contributed by atoms with Gasteiger partial charge >= 0.3 is 0 Å². The molecule has 1 aliphatic rings. The summed E-state index contributed by atoms with van der Waals surface area (Å²) in [6.45, 7) is 5.79. The van der Waals surface area contributed by atoms with E-state index in [1.54, 1.807) is 4.68 Å². The van der Waals surface area contributed by atoms with Crippen LogP contribution in [-0.2, 0) is 21.1 Å². The van der Waals surface area contributed by atoms with Crippen LogP contribution in [0.25, 0.3) is 11.3 Å². The number of benzene rings is 1. The van der Waals surface area contributed by atoms with Gasteiger partial charge in [0.1, 0.15) is 0 Å². The van der Waals surface area contributed by atoms with Gasteiger partial charge in [-0.25, -0.2) is 13.4 Å². The predicted molar refractivity (Wildman–Crippen MR) is 119 cm³/mol. The quantitative estimate of drug-likeness (QED) is 0.650. The average molecular weight is 445 g/mol. The summed E-state index contributed by atoms with van der Waals surface area (Å²) < 4.78 is 25.4. The highest BCUT2D eigenvalue weighted by atomic mass is 32.2. The molecular weight excluding hydrogens is 420 g/mol. The molecule has 0 radical (unpaired) electrons. The van der Waals surface area contributed by atoms with Crippen molar-refractivity contribution in [2.75, 3.05) is 16.8 Å². The van der Waals surface area contributed by atoms with Crippen LogP contribution < -0.4 is 5.32 Å². The average Bonchev–Trinajstić information content (AvgIpc) is 3.36. The van der Waals surface area contributed by atoms with E-state index < -0.39 is 9.84 Å². The molecule has 0 spiro atoms. The van der Waals surface area contributed by atoms with E-state index in [0.717, 1.165) is 28.2 Å². The van der Waals surface area contributed by atoms with E-state index in [4.69, 9.17) is 0 Å². The molecule has 1 saturated heterocycles. The molecule has 1 N–H and O–H groups in total. The fourth-order valence-electron chi connectivity index (χ4n) is 3.79. The van der Waals surface area contributed by atoms with Gasteiger partial charge in [-0.1, -0.05) is 29.8 Å². The lowest BCUT2D eigenvalue weighted by Crippen LogP contribution is -2.16. The third-order valence-electron chi connectivity index (χ3n) is 5.46. The molecule has 1 amide bonds. The van der Waals surface area contributed by atoms with Gasteiger partial charge in [-0.2, -0.15) is 5.10 Å². The van der Waals surface area contributed by atoms with E-state index in [0.29, 0.717) is 11.6 Å². The van der Waals surface area contributed by atoms with Crippen LogP contribution in [0.15, 0.2) is 29.6 Å². The van der Waals surface area contributed by atoms with Crippen molar-refractivity contribution in [2.24, 2.45) is 0 Å². The van der Waals surface area contributed by atoms with Crippen molar-refractivity contribution >= 4 is 32.2 Å². The third kappa shape index (κ3) is 4.32. The number of aryl methyl sites for hydroxylation is 2. The van der Waals surface area contributed by atoms with Gasteiger partial charge < -0.3 is 5.32 Å². The van der Waals surface area contributed by atoms with E-state index in [1.165, 1.54) is 16.9 Å². The lowest BCUT2D eigenvalue weighted by molar-refractivity contribution is -0.115. The minimum Gasteiger partial charge on any atom is -0.302 e. The summed E-state index contributed by atoms with van der Waals surface area (Å²) in [7, 11) is -3.00. The van der Waals surface area contributed by atoms with Gasteiger partial charge in [0.05, 0.1) is 35.4 Å². The number of anilines is 1. The Morgan fingerprint density at radius 3 is 2.63 bits per heavy atom. The molecular formula is C21H24N4O3S2. The number of amides is 1. The van der Waals surface area contributed by atoms with Crippen molar-refractivity contribution in [3.63, 3.8) is 0 Å². The molecule has 3 aromatic rings. The summed E-state index contributed by atoms with van der Waals surface area (Å²) in [6.07, 6.45) is 0.743. The Hall–Kier alpha value is -2.52. The van der Waals surface area contributed by atoms with E-state index >= 15 is 0 Å². The number of nitrogens with zero attached hydrogens (tertiary/aromatic N) is 3. The molecule has 1 unspecified atom stereocenters. The first-order valence-corrected chi connectivity index (χ1v) is 12.5. The summed E-state index contributed by atoms with van der Waals surface area (Å²) in [5, 5.41) is 9.88. The molecule has 9 heteroatoms. The minimum absolute atomic E-state index is 0.113. The Kier molecular flexibility index (Phi) is 5.50. The number of carbonyl (C=O) groups excluding carboxylic acids is 1. The van der Waals surface area contributed by atoms with Crippen LogP contribution >= 0.6 is 11.3 Å². The monoisotopic (exact) mass is 444 g/mol. The molecule has 7 nitrogen and oxygen atoms in total. The summed E-state index contributed by atoms with van der Waals surface area (Å²) in [5.74, 6) is 0.144. The van der Waals surface area contributed by atoms with Gasteiger partial charge in [-0.15, -0.1) is 11.3 Å². The van der Waals surface area contributed by atoms with Crippen molar-refractivity contribution < 1.29 is 13.2 Å². The van der Waals surface area contributed by atoms with Crippen molar-refractivity contribution in [3.8, 4) is 11.3 Å². The first-order chi connectivity index (χ1) is 14.2. The van der Waals surface area contributed by atoms with Crippen molar-refractivity contribution in [3.05, 3.63) is 52.2 Å². The van der Waals surface area contributed by atoms with Crippen LogP contribution in [0.4, 0.5) is 5.13 Å². The highest BCUT2D eigenvalue weighted by Gasteiger charge is 2.31. The molecule has 30 heavy (non-hydrogen) atoms. The largest absolute Gasteiger partial charge is 0.302 e. The second-order valence-corrected chi connectivity index (χ2v) is 10.9. The zero-order chi connectivity index (χ0) is 21.5. The first kappa shape index (κ1) is 20.7. The molecule has 2 aromatic heterocycles. The molecule has 1 atom stereocenters. The number of nitrogens with one attached hydrogen (secondary N) is 1. The van der Waals surface area contributed by atoms with E-state index in [-0.39, 0.29) is 29.9 Å². The Labute approximate surface area is 180 Å².